The Morgan fingerprint density at radius 1 is 1.53 bits per heavy atom. The van der Waals surface area contributed by atoms with E-state index in [2.05, 4.69) is 12.2 Å². The van der Waals surface area contributed by atoms with E-state index in [4.69, 9.17) is 5.73 Å². The van der Waals surface area contributed by atoms with Crippen molar-refractivity contribution in [3.8, 4) is 0 Å². The predicted octanol–water partition coefficient (Wildman–Crippen LogP) is 2.30. The summed E-state index contributed by atoms with van der Waals surface area (Å²) in [4.78, 5) is 21.6. The summed E-state index contributed by atoms with van der Waals surface area (Å²) < 4.78 is 0. The number of benzene rings is 1. The minimum Gasteiger partial charge on any atom is -0.379 e. The molecule has 0 spiro atoms. The molecule has 6 nitrogen and oxygen atoms in total. The number of nitro benzene ring substituents is 1. The lowest BCUT2D eigenvalue weighted by molar-refractivity contribution is -0.384. The van der Waals surface area contributed by atoms with E-state index in [1.165, 1.54) is 18.6 Å². The van der Waals surface area contributed by atoms with Crippen LogP contribution in [0, 0.1) is 15.5 Å². The molecule has 0 bridgehead atoms. The normalized spacial score (nSPS) is 16.5. The summed E-state index contributed by atoms with van der Waals surface area (Å²) in [5.41, 5.74) is 5.81. The second-order valence-electron chi connectivity index (χ2n) is 5.37. The van der Waals surface area contributed by atoms with Crippen molar-refractivity contribution >= 4 is 17.3 Å². The fourth-order valence-electron chi connectivity index (χ4n) is 2.25. The van der Waals surface area contributed by atoms with Crippen LogP contribution in [-0.2, 0) is 0 Å². The van der Waals surface area contributed by atoms with Gasteiger partial charge in [0, 0.05) is 18.2 Å². The third-order valence-electron chi connectivity index (χ3n) is 3.75. The lowest BCUT2D eigenvalue weighted by Crippen LogP contribution is -2.33. The van der Waals surface area contributed by atoms with Crippen molar-refractivity contribution in [3.05, 3.63) is 33.9 Å². The Morgan fingerprint density at radius 3 is 2.68 bits per heavy atom. The molecule has 0 saturated heterocycles. The molecular formula is C13H17N3O3. The number of rotatable bonds is 5. The van der Waals surface area contributed by atoms with Gasteiger partial charge in [-0.05, 0) is 30.4 Å². The first-order valence-electron chi connectivity index (χ1n) is 6.23. The van der Waals surface area contributed by atoms with Gasteiger partial charge < -0.3 is 11.1 Å². The van der Waals surface area contributed by atoms with Crippen LogP contribution >= 0.6 is 0 Å². The second-order valence-corrected chi connectivity index (χ2v) is 5.37. The monoisotopic (exact) mass is 263 g/mol. The van der Waals surface area contributed by atoms with E-state index in [9.17, 15) is 14.9 Å². The van der Waals surface area contributed by atoms with E-state index in [1.807, 2.05) is 0 Å². The fourth-order valence-corrected chi connectivity index (χ4v) is 2.25. The molecule has 0 unspecified atom stereocenters. The second kappa shape index (κ2) is 4.87. The van der Waals surface area contributed by atoms with Gasteiger partial charge in [-0.15, -0.1) is 0 Å². The van der Waals surface area contributed by atoms with Crippen molar-refractivity contribution in [1.82, 2.24) is 0 Å². The summed E-state index contributed by atoms with van der Waals surface area (Å²) >= 11 is 0. The lowest BCUT2D eigenvalue weighted by Gasteiger charge is -2.38. The number of carbonyl (C=O) groups excluding carboxylic acids is 1. The first-order chi connectivity index (χ1) is 8.91. The van der Waals surface area contributed by atoms with Crippen molar-refractivity contribution in [3.63, 3.8) is 0 Å². The number of nitrogens with two attached hydrogens (primary N) is 1. The van der Waals surface area contributed by atoms with Crippen LogP contribution in [0.3, 0.4) is 0 Å². The third-order valence-corrected chi connectivity index (χ3v) is 3.75. The minimum absolute atomic E-state index is 0.112. The largest absolute Gasteiger partial charge is 0.379 e. The molecule has 0 aromatic heterocycles. The van der Waals surface area contributed by atoms with E-state index in [0.717, 1.165) is 12.8 Å². The van der Waals surface area contributed by atoms with Gasteiger partial charge in [0.1, 0.15) is 5.69 Å². The summed E-state index contributed by atoms with van der Waals surface area (Å²) in [6.45, 7) is 2.86. The fraction of sp³-hybridized carbons (Fsp3) is 0.462. The Labute approximate surface area is 111 Å². The molecule has 0 aliphatic heterocycles. The number of nitro groups is 1. The van der Waals surface area contributed by atoms with Gasteiger partial charge in [-0.2, -0.15) is 0 Å². The average Bonchev–Trinajstić information content (AvgIpc) is 2.33. The number of carbonyl (C=O) groups is 1. The maximum absolute atomic E-state index is 11.0. The Hall–Kier alpha value is -2.11. The van der Waals surface area contributed by atoms with Crippen LogP contribution in [0.5, 0.6) is 0 Å². The Morgan fingerprint density at radius 2 is 2.21 bits per heavy atom. The number of hydrogen-bond donors (Lipinski definition) is 2. The van der Waals surface area contributed by atoms with Gasteiger partial charge in [0.05, 0.1) is 4.92 Å². The van der Waals surface area contributed by atoms with Crippen molar-refractivity contribution < 1.29 is 9.72 Å². The molecule has 102 valence electrons. The number of nitrogens with one attached hydrogen (secondary N) is 1. The molecule has 0 heterocycles. The summed E-state index contributed by atoms with van der Waals surface area (Å²) in [6, 6.07) is 4.26. The van der Waals surface area contributed by atoms with Gasteiger partial charge in [-0.1, -0.05) is 13.3 Å². The minimum atomic E-state index is -0.666. The van der Waals surface area contributed by atoms with Gasteiger partial charge in [-0.25, -0.2) is 0 Å². The van der Waals surface area contributed by atoms with Gasteiger partial charge >= 0.3 is 0 Å². The van der Waals surface area contributed by atoms with Gasteiger partial charge in [0.25, 0.3) is 5.69 Å². The molecule has 1 amide bonds. The molecule has 1 aliphatic carbocycles. The summed E-state index contributed by atoms with van der Waals surface area (Å²) in [5, 5.41) is 14.1. The molecule has 1 fully saturated rings. The topological polar surface area (TPSA) is 98.3 Å². The van der Waals surface area contributed by atoms with Crippen molar-refractivity contribution in [2.24, 2.45) is 11.1 Å². The van der Waals surface area contributed by atoms with Crippen molar-refractivity contribution in [2.75, 3.05) is 11.9 Å². The Bertz CT molecular complexity index is 524. The van der Waals surface area contributed by atoms with E-state index in [0.29, 0.717) is 12.2 Å². The van der Waals surface area contributed by atoms with E-state index < -0.39 is 10.8 Å². The maximum atomic E-state index is 11.0. The van der Waals surface area contributed by atoms with Crippen LogP contribution in [0.15, 0.2) is 18.2 Å². The zero-order valence-corrected chi connectivity index (χ0v) is 10.8. The summed E-state index contributed by atoms with van der Waals surface area (Å²) in [6.07, 6.45) is 3.47. The molecule has 19 heavy (non-hydrogen) atoms. The predicted molar refractivity (Wildman–Crippen MR) is 72.1 cm³/mol. The van der Waals surface area contributed by atoms with Crippen LogP contribution in [0.4, 0.5) is 11.4 Å². The van der Waals surface area contributed by atoms with Crippen LogP contribution in [-0.4, -0.2) is 17.4 Å². The van der Waals surface area contributed by atoms with E-state index >= 15 is 0 Å². The number of anilines is 1. The number of amides is 1. The van der Waals surface area contributed by atoms with Gasteiger partial charge in [0.2, 0.25) is 5.91 Å². The first-order valence-corrected chi connectivity index (χ1v) is 6.23. The van der Waals surface area contributed by atoms with Crippen LogP contribution in [0.2, 0.25) is 0 Å². The smallest absolute Gasteiger partial charge is 0.293 e. The molecular weight excluding hydrogens is 246 g/mol. The highest BCUT2D eigenvalue weighted by Crippen LogP contribution is 2.40. The zero-order chi connectivity index (χ0) is 14.0. The van der Waals surface area contributed by atoms with E-state index in [-0.39, 0.29) is 16.7 Å². The Balaban J connectivity index is 2.19. The molecule has 1 aromatic carbocycles. The quantitative estimate of drug-likeness (QED) is 0.629. The number of hydrogen-bond acceptors (Lipinski definition) is 4. The first kappa shape index (κ1) is 13.3. The average molecular weight is 263 g/mol. The molecule has 6 heteroatoms. The SMILES string of the molecule is CC1(CNc2ccc(C(N)=O)cc2[N+](=O)[O-])CCC1. The number of nitrogens with zero attached hydrogens (tertiary/aromatic N) is 1. The van der Waals surface area contributed by atoms with Gasteiger partial charge in [-0.3, -0.25) is 14.9 Å². The van der Waals surface area contributed by atoms with E-state index in [1.54, 1.807) is 6.07 Å². The third kappa shape index (κ3) is 2.83. The van der Waals surface area contributed by atoms with Crippen molar-refractivity contribution in [2.45, 2.75) is 26.2 Å². The molecule has 1 aromatic rings. The highest BCUT2D eigenvalue weighted by atomic mass is 16.6. The molecule has 2 rings (SSSR count). The highest BCUT2D eigenvalue weighted by molar-refractivity contribution is 5.94. The molecule has 1 saturated carbocycles. The zero-order valence-electron chi connectivity index (χ0n) is 10.8. The standard InChI is InChI=1S/C13H17N3O3/c1-13(5-2-6-13)8-15-10-4-3-9(12(14)17)7-11(10)16(18)19/h3-4,7,15H,2,5-6,8H2,1H3,(H2,14,17). The molecule has 0 radical (unpaired) electrons. The van der Waals surface area contributed by atoms with Crippen LogP contribution in [0.1, 0.15) is 36.5 Å². The van der Waals surface area contributed by atoms with Gasteiger partial charge in [0.15, 0.2) is 0 Å². The highest BCUT2D eigenvalue weighted by Gasteiger charge is 2.32. The summed E-state index contributed by atoms with van der Waals surface area (Å²) in [7, 11) is 0. The summed E-state index contributed by atoms with van der Waals surface area (Å²) in [5.74, 6) is -0.666. The van der Waals surface area contributed by atoms with Crippen LogP contribution < -0.4 is 11.1 Å². The number of primary amides is 1. The van der Waals surface area contributed by atoms with Crippen LogP contribution in [0.25, 0.3) is 0 Å². The molecule has 0 atom stereocenters. The molecule has 3 N–H and O–H groups in total. The lowest BCUT2D eigenvalue weighted by atomic mass is 9.70. The maximum Gasteiger partial charge on any atom is 0.293 e. The Kier molecular flexibility index (Phi) is 3.42. The van der Waals surface area contributed by atoms with Crippen molar-refractivity contribution in [1.29, 1.82) is 0 Å². The molecule has 1 aliphatic rings.